The van der Waals surface area contributed by atoms with Crippen molar-refractivity contribution in [2.45, 2.75) is 44.6 Å². The molecule has 0 fully saturated rings. The number of esters is 3. The molecule has 10 heteroatoms. The van der Waals surface area contributed by atoms with E-state index in [1.165, 1.54) is 0 Å². The second kappa shape index (κ2) is 8.36. The molecule has 158 valence electrons. The van der Waals surface area contributed by atoms with Gasteiger partial charge in [-0.25, -0.2) is 4.79 Å². The van der Waals surface area contributed by atoms with Crippen LogP contribution < -0.4 is 19.5 Å². The van der Waals surface area contributed by atoms with Gasteiger partial charge in [0.1, 0.15) is 5.75 Å². The Balaban J connectivity index is 2.24. The fraction of sp³-hybridized carbons (Fsp3) is 0.526. The number of carbonyl (C=O) groups excluding carboxylic acids is 3. The van der Waals surface area contributed by atoms with Gasteiger partial charge in [0.2, 0.25) is 5.75 Å². The predicted octanol–water partition coefficient (Wildman–Crippen LogP) is -0.276. The van der Waals surface area contributed by atoms with Gasteiger partial charge >= 0.3 is 17.9 Å². The number of carbonyl (C=O) groups is 3. The van der Waals surface area contributed by atoms with E-state index >= 15 is 0 Å². The van der Waals surface area contributed by atoms with Crippen LogP contribution in [0.2, 0.25) is 0 Å². The van der Waals surface area contributed by atoms with Crippen LogP contribution >= 0.6 is 0 Å². The van der Waals surface area contributed by atoms with Crippen LogP contribution in [0.25, 0.3) is 0 Å². The van der Waals surface area contributed by atoms with Gasteiger partial charge in [-0.2, -0.15) is 0 Å². The third-order valence-corrected chi connectivity index (χ3v) is 4.75. The highest BCUT2D eigenvalue weighted by atomic mass is 16.6. The molecular weight excluding hydrogens is 386 g/mol. The third kappa shape index (κ3) is 4.04. The van der Waals surface area contributed by atoms with Gasteiger partial charge in [-0.05, 0) is 19.4 Å². The summed E-state index contributed by atoms with van der Waals surface area (Å²) < 4.78 is 16.0. The quantitative estimate of drug-likeness (QED) is 0.269. The molecule has 3 rings (SSSR count). The summed E-state index contributed by atoms with van der Waals surface area (Å²) in [6.07, 6.45) is -0.573. The lowest BCUT2D eigenvalue weighted by Gasteiger charge is -2.26. The smallest absolute Gasteiger partial charge is 0.344 e. The van der Waals surface area contributed by atoms with Crippen molar-refractivity contribution in [3.63, 3.8) is 0 Å². The number of phenolic OH excluding ortho intramolecular Hbond substituents is 1. The van der Waals surface area contributed by atoms with E-state index in [1.807, 2.05) is 6.92 Å². The molecule has 2 heterocycles. The number of nitrogens with one attached hydrogen (secondary N) is 1. The first-order chi connectivity index (χ1) is 13.8. The van der Waals surface area contributed by atoms with Crippen molar-refractivity contribution >= 4 is 17.9 Å². The van der Waals surface area contributed by atoms with Gasteiger partial charge < -0.3 is 34.8 Å². The van der Waals surface area contributed by atoms with Crippen LogP contribution in [-0.2, 0) is 27.2 Å². The number of aromatic hydroxyl groups is 1. The molecule has 29 heavy (non-hydrogen) atoms. The van der Waals surface area contributed by atoms with Crippen molar-refractivity contribution < 1.29 is 43.9 Å². The Hall–Kier alpha value is -2.69. The minimum Gasteiger partial charge on any atom is -0.504 e. The molecule has 10 nitrogen and oxygen atoms in total. The fourth-order valence-electron chi connectivity index (χ4n) is 3.40. The molecule has 3 bridgehead atoms. The lowest BCUT2D eigenvalue weighted by Crippen LogP contribution is -2.47. The number of ether oxygens (including phenoxy) is 3. The van der Waals surface area contributed by atoms with E-state index in [1.54, 1.807) is 0 Å². The van der Waals surface area contributed by atoms with Crippen molar-refractivity contribution in [3.8, 4) is 23.0 Å². The monoisotopic (exact) mass is 409 g/mol. The standard InChI is InChI=1S/C19H23NO9/c1-2-3-10-14(24)17-16-11(4-5-20-6-7-21)15(10)27-12(22)8-19(26,18(25)29-16)9-13(23)28-17/h20-21,24,26H,2-9H2,1H3. The van der Waals surface area contributed by atoms with Gasteiger partial charge in [0, 0.05) is 17.7 Å². The van der Waals surface area contributed by atoms with Gasteiger partial charge in [0.15, 0.2) is 17.1 Å². The molecule has 2 aliphatic rings. The number of aliphatic hydroxyl groups is 2. The maximum absolute atomic E-state index is 12.6. The van der Waals surface area contributed by atoms with E-state index in [4.69, 9.17) is 19.3 Å². The summed E-state index contributed by atoms with van der Waals surface area (Å²) in [5, 5.41) is 33.2. The van der Waals surface area contributed by atoms with Crippen LogP contribution in [0.4, 0.5) is 0 Å². The average molecular weight is 409 g/mol. The van der Waals surface area contributed by atoms with E-state index in [0.717, 1.165) is 0 Å². The summed E-state index contributed by atoms with van der Waals surface area (Å²) in [7, 11) is 0. The Bertz CT molecular complexity index is 851. The molecule has 2 aliphatic heterocycles. The summed E-state index contributed by atoms with van der Waals surface area (Å²) >= 11 is 0. The maximum Gasteiger partial charge on any atom is 0.344 e. The first-order valence-corrected chi connectivity index (χ1v) is 9.39. The lowest BCUT2D eigenvalue weighted by molar-refractivity contribution is -0.168. The molecule has 0 saturated carbocycles. The average Bonchev–Trinajstić information content (AvgIpc) is 2.65. The zero-order valence-electron chi connectivity index (χ0n) is 15.9. The van der Waals surface area contributed by atoms with Crippen molar-refractivity contribution in [3.05, 3.63) is 11.1 Å². The fourth-order valence-corrected chi connectivity index (χ4v) is 3.40. The second-order valence-corrected chi connectivity index (χ2v) is 6.99. The molecule has 1 atom stereocenters. The van der Waals surface area contributed by atoms with Gasteiger partial charge in [-0.3, -0.25) is 9.59 Å². The molecule has 1 aromatic carbocycles. The zero-order valence-corrected chi connectivity index (χ0v) is 15.9. The van der Waals surface area contributed by atoms with E-state index in [0.29, 0.717) is 25.9 Å². The minimum atomic E-state index is -2.44. The summed E-state index contributed by atoms with van der Waals surface area (Å²) in [6, 6.07) is 0. The topological polar surface area (TPSA) is 152 Å². The Labute approximate surface area is 166 Å². The SMILES string of the molecule is CCCc1c(O)c2c3c(CCNCCO)c1OC(=O)CC(O)(CC(=O)O2)C(=O)O3. The molecule has 4 N–H and O–H groups in total. The van der Waals surface area contributed by atoms with Gasteiger partial charge in [0.05, 0.1) is 19.4 Å². The molecule has 1 unspecified atom stereocenters. The molecule has 0 radical (unpaired) electrons. The van der Waals surface area contributed by atoms with E-state index in [-0.39, 0.29) is 41.4 Å². The van der Waals surface area contributed by atoms with Gasteiger partial charge in [0.25, 0.3) is 0 Å². The van der Waals surface area contributed by atoms with Crippen LogP contribution in [0.15, 0.2) is 0 Å². The first-order valence-electron chi connectivity index (χ1n) is 9.39. The molecule has 0 aliphatic carbocycles. The molecule has 0 amide bonds. The second-order valence-electron chi connectivity index (χ2n) is 6.99. The highest BCUT2D eigenvalue weighted by Crippen LogP contribution is 2.51. The van der Waals surface area contributed by atoms with Crippen LogP contribution in [0.1, 0.15) is 37.3 Å². The Morgan fingerprint density at radius 3 is 2.21 bits per heavy atom. The van der Waals surface area contributed by atoms with Gasteiger partial charge in [-0.15, -0.1) is 0 Å². The van der Waals surface area contributed by atoms with Gasteiger partial charge in [-0.1, -0.05) is 13.3 Å². The van der Waals surface area contributed by atoms with Crippen molar-refractivity contribution in [1.82, 2.24) is 5.32 Å². The highest BCUT2D eigenvalue weighted by Gasteiger charge is 2.48. The van der Waals surface area contributed by atoms with Crippen LogP contribution in [0, 0.1) is 0 Å². The summed E-state index contributed by atoms with van der Waals surface area (Å²) in [6.45, 7) is 2.38. The minimum absolute atomic E-state index is 0.0221. The number of hydrogen-bond acceptors (Lipinski definition) is 10. The number of hydrogen-bond donors (Lipinski definition) is 4. The third-order valence-electron chi connectivity index (χ3n) is 4.75. The van der Waals surface area contributed by atoms with E-state index in [9.17, 15) is 24.6 Å². The number of benzene rings is 1. The Kier molecular flexibility index (Phi) is 6.06. The molecule has 0 aromatic heterocycles. The highest BCUT2D eigenvalue weighted by molar-refractivity contribution is 5.95. The Morgan fingerprint density at radius 1 is 0.931 bits per heavy atom. The number of fused-ring (bicyclic) bond motifs is 3. The van der Waals surface area contributed by atoms with Crippen LogP contribution in [0.3, 0.4) is 0 Å². The predicted molar refractivity (Wildman–Crippen MR) is 96.9 cm³/mol. The number of aliphatic hydroxyl groups excluding tert-OH is 1. The molecule has 0 spiro atoms. The van der Waals surface area contributed by atoms with E-state index in [2.05, 4.69) is 5.32 Å². The van der Waals surface area contributed by atoms with Crippen molar-refractivity contribution in [2.24, 2.45) is 0 Å². The molecule has 0 saturated heterocycles. The zero-order chi connectivity index (χ0) is 21.2. The molecule has 1 aromatic rings. The summed E-state index contributed by atoms with van der Waals surface area (Å²) in [4.78, 5) is 37.4. The summed E-state index contributed by atoms with van der Waals surface area (Å²) in [5.74, 6) is -4.18. The van der Waals surface area contributed by atoms with Crippen LogP contribution in [-0.4, -0.2) is 58.5 Å². The summed E-state index contributed by atoms with van der Waals surface area (Å²) in [5.41, 5.74) is -1.95. The van der Waals surface area contributed by atoms with E-state index < -0.39 is 42.1 Å². The normalized spacial score (nSPS) is 20.9. The van der Waals surface area contributed by atoms with Crippen LogP contribution in [0.5, 0.6) is 23.0 Å². The Morgan fingerprint density at radius 2 is 1.59 bits per heavy atom. The number of rotatable bonds is 7. The molecular formula is C19H23NO9. The number of phenols is 1. The largest absolute Gasteiger partial charge is 0.504 e. The van der Waals surface area contributed by atoms with Crippen molar-refractivity contribution in [2.75, 3.05) is 19.7 Å². The maximum atomic E-state index is 12.6. The van der Waals surface area contributed by atoms with Crippen molar-refractivity contribution in [1.29, 1.82) is 0 Å². The lowest BCUT2D eigenvalue weighted by atomic mass is 9.95. The first kappa shape index (κ1) is 21.0.